The number of rotatable bonds is 6. The van der Waals surface area contributed by atoms with Gasteiger partial charge in [0, 0.05) is 12.0 Å². The zero-order valence-electron chi connectivity index (χ0n) is 16.6. The number of primary amides is 1. The number of Topliss-reactive ketones (excluding diaryl/α,β-unsaturated/α-hetero) is 1. The first-order valence-corrected chi connectivity index (χ1v) is 10.3. The van der Waals surface area contributed by atoms with Gasteiger partial charge < -0.3 is 10.5 Å². The number of hydrogen-bond acceptors (Lipinski definition) is 4. The third-order valence-corrected chi connectivity index (χ3v) is 6.10. The van der Waals surface area contributed by atoms with Crippen molar-refractivity contribution < 1.29 is 23.1 Å². The highest BCUT2D eigenvalue weighted by Crippen LogP contribution is 2.43. The molecule has 0 atom stereocenters. The van der Waals surface area contributed by atoms with Crippen molar-refractivity contribution in [2.45, 2.75) is 57.0 Å². The smallest absolute Gasteiger partial charge is 0.404 e. The molecule has 1 heterocycles. The largest absolute Gasteiger partial charge is 0.443 e. The Kier molecular flexibility index (Phi) is 5.79. The first kappa shape index (κ1) is 20.4. The molecule has 1 aromatic heterocycles. The molecule has 30 heavy (non-hydrogen) atoms. The summed E-state index contributed by atoms with van der Waals surface area (Å²) < 4.78 is 32.1. The van der Waals surface area contributed by atoms with E-state index in [-0.39, 0.29) is 24.2 Å². The number of aromatic nitrogens is 1. The summed E-state index contributed by atoms with van der Waals surface area (Å²) in [6, 6.07) is 7.37. The third kappa shape index (κ3) is 4.50. The standard InChI is InChI=1S/C23H24F2N2O3/c24-16-7-9-18(20(25)11-16)13-3-5-15(6-4-13)22(28)21-19(14-1-2-14)10-8-17(27-21)12-30-23(26)29/h7-11,13-15H,1-6,12H2,(H2,26,29). The molecule has 1 amide bonds. The molecule has 2 fully saturated rings. The second kappa shape index (κ2) is 8.50. The molecule has 0 radical (unpaired) electrons. The molecule has 158 valence electrons. The lowest BCUT2D eigenvalue weighted by molar-refractivity contribution is 0.0876. The van der Waals surface area contributed by atoms with Gasteiger partial charge in [0.05, 0.1) is 5.69 Å². The maximum absolute atomic E-state index is 14.1. The Morgan fingerprint density at radius 2 is 1.60 bits per heavy atom. The van der Waals surface area contributed by atoms with Crippen molar-refractivity contribution >= 4 is 11.9 Å². The van der Waals surface area contributed by atoms with E-state index in [4.69, 9.17) is 10.5 Å². The van der Waals surface area contributed by atoms with Crippen LogP contribution in [-0.2, 0) is 11.3 Å². The Morgan fingerprint density at radius 3 is 2.23 bits per heavy atom. The van der Waals surface area contributed by atoms with Crippen LogP contribution in [0, 0.1) is 17.6 Å². The maximum atomic E-state index is 14.1. The zero-order valence-corrected chi connectivity index (χ0v) is 16.6. The van der Waals surface area contributed by atoms with Crippen LogP contribution < -0.4 is 5.73 Å². The number of carbonyl (C=O) groups excluding carboxylic acids is 2. The van der Waals surface area contributed by atoms with Gasteiger partial charge in [-0.3, -0.25) is 4.79 Å². The molecule has 2 saturated carbocycles. The van der Waals surface area contributed by atoms with Gasteiger partial charge in [0.1, 0.15) is 23.9 Å². The Bertz CT molecular complexity index is 967. The van der Waals surface area contributed by atoms with Crippen LogP contribution in [-0.4, -0.2) is 16.9 Å². The molecule has 0 aliphatic heterocycles. The van der Waals surface area contributed by atoms with E-state index in [2.05, 4.69) is 4.98 Å². The summed E-state index contributed by atoms with van der Waals surface area (Å²) in [7, 11) is 0. The first-order valence-electron chi connectivity index (χ1n) is 10.3. The minimum absolute atomic E-state index is 0.00384. The molecule has 4 rings (SSSR count). The van der Waals surface area contributed by atoms with E-state index in [1.807, 2.05) is 6.07 Å². The number of amides is 1. The predicted octanol–water partition coefficient (Wildman–Crippen LogP) is 4.99. The van der Waals surface area contributed by atoms with Gasteiger partial charge in [0.2, 0.25) is 0 Å². The van der Waals surface area contributed by atoms with E-state index < -0.39 is 17.7 Å². The van der Waals surface area contributed by atoms with Gasteiger partial charge in [0.15, 0.2) is 5.78 Å². The Morgan fingerprint density at radius 1 is 0.967 bits per heavy atom. The molecule has 5 nitrogen and oxygen atoms in total. The number of carbonyl (C=O) groups is 2. The number of ketones is 1. The lowest BCUT2D eigenvalue weighted by Gasteiger charge is -2.28. The molecular weight excluding hydrogens is 390 g/mol. The summed E-state index contributed by atoms with van der Waals surface area (Å²) >= 11 is 0. The molecule has 1 aromatic carbocycles. The molecule has 2 aliphatic carbocycles. The monoisotopic (exact) mass is 414 g/mol. The first-order chi connectivity index (χ1) is 14.4. The highest BCUT2D eigenvalue weighted by molar-refractivity contribution is 5.97. The number of benzene rings is 1. The van der Waals surface area contributed by atoms with E-state index in [1.165, 1.54) is 12.1 Å². The van der Waals surface area contributed by atoms with Gasteiger partial charge >= 0.3 is 6.09 Å². The van der Waals surface area contributed by atoms with Crippen LogP contribution in [0.5, 0.6) is 0 Å². The van der Waals surface area contributed by atoms with Crippen molar-refractivity contribution in [3.05, 3.63) is 64.5 Å². The van der Waals surface area contributed by atoms with Crippen molar-refractivity contribution in [3.63, 3.8) is 0 Å². The van der Waals surface area contributed by atoms with Crippen LogP contribution in [0.2, 0.25) is 0 Å². The fourth-order valence-corrected chi connectivity index (χ4v) is 4.35. The average molecular weight is 414 g/mol. The number of ether oxygens (including phenoxy) is 1. The molecular formula is C23H24F2N2O3. The lowest BCUT2D eigenvalue weighted by atomic mass is 9.76. The summed E-state index contributed by atoms with van der Waals surface area (Å²) in [5.74, 6) is -0.949. The number of pyridine rings is 1. The van der Waals surface area contributed by atoms with E-state index in [1.54, 1.807) is 6.07 Å². The Labute approximate surface area is 173 Å². The third-order valence-electron chi connectivity index (χ3n) is 6.10. The zero-order chi connectivity index (χ0) is 21.3. The maximum Gasteiger partial charge on any atom is 0.404 e. The number of nitrogens with two attached hydrogens (primary N) is 1. The van der Waals surface area contributed by atoms with Gasteiger partial charge in [-0.05, 0) is 73.6 Å². The molecule has 0 unspecified atom stereocenters. The number of nitrogens with zero attached hydrogens (tertiary/aromatic N) is 1. The van der Waals surface area contributed by atoms with Crippen LogP contribution in [0.4, 0.5) is 13.6 Å². The molecule has 2 aromatic rings. The predicted molar refractivity (Wildman–Crippen MR) is 106 cm³/mol. The fourth-order valence-electron chi connectivity index (χ4n) is 4.35. The van der Waals surface area contributed by atoms with Crippen LogP contribution in [0.3, 0.4) is 0 Å². The second-order valence-electron chi connectivity index (χ2n) is 8.20. The summed E-state index contributed by atoms with van der Waals surface area (Å²) in [6.07, 6.45) is 3.79. The highest BCUT2D eigenvalue weighted by Gasteiger charge is 2.34. The van der Waals surface area contributed by atoms with Crippen LogP contribution in [0.1, 0.15) is 77.7 Å². The molecule has 2 aliphatic rings. The van der Waals surface area contributed by atoms with E-state index in [0.717, 1.165) is 24.5 Å². The average Bonchev–Trinajstić information content (AvgIpc) is 3.57. The van der Waals surface area contributed by atoms with Gasteiger partial charge in [-0.25, -0.2) is 18.6 Å². The second-order valence-corrected chi connectivity index (χ2v) is 8.20. The molecule has 0 spiro atoms. The minimum atomic E-state index is -0.887. The fraction of sp³-hybridized carbons (Fsp3) is 0.435. The van der Waals surface area contributed by atoms with Gasteiger partial charge in [-0.1, -0.05) is 12.1 Å². The SMILES string of the molecule is NC(=O)OCc1ccc(C2CC2)c(C(=O)C2CCC(c3ccc(F)cc3F)CC2)n1. The van der Waals surface area contributed by atoms with E-state index in [0.29, 0.717) is 48.6 Å². The normalized spacial score (nSPS) is 21.3. The van der Waals surface area contributed by atoms with Gasteiger partial charge in [-0.15, -0.1) is 0 Å². The van der Waals surface area contributed by atoms with Gasteiger partial charge in [0.25, 0.3) is 0 Å². The number of hydrogen-bond donors (Lipinski definition) is 1. The summed E-state index contributed by atoms with van der Waals surface area (Å²) in [6.45, 7) is -0.0723. The van der Waals surface area contributed by atoms with Crippen LogP contribution >= 0.6 is 0 Å². The van der Waals surface area contributed by atoms with E-state index in [9.17, 15) is 18.4 Å². The van der Waals surface area contributed by atoms with Crippen molar-refractivity contribution in [2.75, 3.05) is 0 Å². The molecule has 0 saturated heterocycles. The van der Waals surface area contributed by atoms with Crippen molar-refractivity contribution in [1.29, 1.82) is 0 Å². The molecule has 7 heteroatoms. The minimum Gasteiger partial charge on any atom is -0.443 e. The Hall–Kier alpha value is -2.83. The van der Waals surface area contributed by atoms with Gasteiger partial charge in [-0.2, -0.15) is 0 Å². The van der Waals surface area contributed by atoms with Crippen LogP contribution in [0.25, 0.3) is 0 Å². The number of halogens is 2. The topological polar surface area (TPSA) is 82.3 Å². The van der Waals surface area contributed by atoms with Crippen LogP contribution in [0.15, 0.2) is 30.3 Å². The van der Waals surface area contributed by atoms with Crippen molar-refractivity contribution in [1.82, 2.24) is 4.98 Å². The summed E-state index contributed by atoms with van der Waals surface area (Å²) in [5, 5.41) is 0. The summed E-state index contributed by atoms with van der Waals surface area (Å²) in [4.78, 5) is 28.6. The lowest BCUT2D eigenvalue weighted by Crippen LogP contribution is -2.24. The van der Waals surface area contributed by atoms with Crippen molar-refractivity contribution in [3.8, 4) is 0 Å². The Balaban J connectivity index is 1.48. The van der Waals surface area contributed by atoms with Crippen molar-refractivity contribution in [2.24, 2.45) is 11.7 Å². The molecule has 2 N–H and O–H groups in total. The van der Waals surface area contributed by atoms with E-state index >= 15 is 0 Å². The summed E-state index contributed by atoms with van der Waals surface area (Å²) in [5.41, 5.74) is 7.44. The highest BCUT2D eigenvalue weighted by atomic mass is 19.1. The molecule has 0 bridgehead atoms. The quantitative estimate of drug-likeness (QED) is 0.675.